The number of ketones is 1. The van der Waals surface area contributed by atoms with Gasteiger partial charge < -0.3 is 9.47 Å². The SMILES string of the molecule is CCOC(=O)[C@H]1C(=O)C=C(c2ccc(F)cc2)C[C@@H]1c1ccc(OC)cc1. The lowest BCUT2D eigenvalue weighted by molar-refractivity contribution is -0.151. The van der Waals surface area contributed by atoms with Gasteiger partial charge in [-0.15, -0.1) is 0 Å². The third-order valence-corrected chi connectivity index (χ3v) is 4.76. The van der Waals surface area contributed by atoms with Crippen LogP contribution in [0.5, 0.6) is 5.75 Å². The van der Waals surface area contributed by atoms with Crippen molar-refractivity contribution in [3.63, 3.8) is 0 Å². The fourth-order valence-electron chi connectivity index (χ4n) is 3.41. The van der Waals surface area contributed by atoms with Gasteiger partial charge in [-0.1, -0.05) is 24.3 Å². The minimum absolute atomic E-state index is 0.215. The molecule has 1 aliphatic rings. The van der Waals surface area contributed by atoms with Crippen LogP contribution in [0.4, 0.5) is 4.39 Å². The first kappa shape index (κ1) is 18.8. The van der Waals surface area contributed by atoms with Gasteiger partial charge in [0.15, 0.2) is 5.78 Å². The fraction of sp³-hybridized carbons (Fsp3) is 0.273. The van der Waals surface area contributed by atoms with E-state index >= 15 is 0 Å². The first-order valence-corrected chi connectivity index (χ1v) is 8.84. The number of hydrogen-bond donors (Lipinski definition) is 0. The summed E-state index contributed by atoms with van der Waals surface area (Å²) < 4.78 is 23.6. The maximum absolute atomic E-state index is 13.2. The van der Waals surface area contributed by atoms with Crippen LogP contribution in [0.15, 0.2) is 54.6 Å². The molecule has 0 radical (unpaired) electrons. The van der Waals surface area contributed by atoms with Crippen molar-refractivity contribution in [1.82, 2.24) is 0 Å². The molecule has 0 amide bonds. The number of esters is 1. The Bertz CT molecular complexity index is 853. The van der Waals surface area contributed by atoms with Crippen LogP contribution in [-0.2, 0) is 14.3 Å². The lowest BCUT2D eigenvalue weighted by Crippen LogP contribution is -2.34. The summed E-state index contributed by atoms with van der Waals surface area (Å²) in [6.45, 7) is 1.93. The number of methoxy groups -OCH3 is 1. The number of rotatable bonds is 5. The quantitative estimate of drug-likeness (QED) is 0.588. The van der Waals surface area contributed by atoms with E-state index in [0.29, 0.717) is 12.2 Å². The summed E-state index contributed by atoms with van der Waals surface area (Å²) in [7, 11) is 1.58. The standard InChI is InChI=1S/C22H21FO4/c1-3-27-22(25)21-19(15-6-10-18(26-2)11-7-15)12-16(13-20(21)24)14-4-8-17(23)9-5-14/h4-11,13,19,21H,3,12H2,1-2H3/t19-,21-/m1/s1. The smallest absolute Gasteiger partial charge is 0.317 e. The third kappa shape index (κ3) is 4.08. The summed E-state index contributed by atoms with van der Waals surface area (Å²) in [6, 6.07) is 13.3. The van der Waals surface area contributed by atoms with Crippen LogP contribution in [0.25, 0.3) is 5.57 Å². The average molecular weight is 368 g/mol. The van der Waals surface area contributed by atoms with Crippen molar-refractivity contribution >= 4 is 17.3 Å². The molecule has 0 saturated heterocycles. The maximum atomic E-state index is 13.2. The molecule has 2 aromatic rings. The molecule has 140 valence electrons. The zero-order valence-electron chi connectivity index (χ0n) is 15.3. The molecular weight excluding hydrogens is 347 g/mol. The Hall–Kier alpha value is -2.95. The van der Waals surface area contributed by atoms with E-state index in [1.165, 1.54) is 18.2 Å². The van der Waals surface area contributed by atoms with Gasteiger partial charge in [0, 0.05) is 5.92 Å². The van der Waals surface area contributed by atoms with Crippen LogP contribution in [0, 0.1) is 11.7 Å². The van der Waals surface area contributed by atoms with Crippen LogP contribution in [-0.4, -0.2) is 25.5 Å². The van der Waals surface area contributed by atoms with E-state index in [-0.39, 0.29) is 24.1 Å². The normalized spacial score (nSPS) is 19.4. The largest absolute Gasteiger partial charge is 0.497 e. The summed E-state index contributed by atoms with van der Waals surface area (Å²) in [4.78, 5) is 25.2. The molecule has 0 aromatic heterocycles. The molecule has 0 bridgehead atoms. The van der Waals surface area contributed by atoms with E-state index in [1.54, 1.807) is 38.3 Å². The summed E-state index contributed by atoms with van der Waals surface area (Å²) in [5, 5.41) is 0. The molecule has 0 aliphatic heterocycles. The van der Waals surface area contributed by atoms with E-state index in [1.807, 2.05) is 12.1 Å². The molecule has 5 heteroatoms. The highest BCUT2D eigenvalue weighted by molar-refractivity contribution is 6.10. The van der Waals surface area contributed by atoms with Crippen molar-refractivity contribution in [2.45, 2.75) is 19.3 Å². The number of ether oxygens (including phenoxy) is 2. The van der Waals surface area contributed by atoms with Crippen LogP contribution in [0.1, 0.15) is 30.4 Å². The maximum Gasteiger partial charge on any atom is 0.317 e. The highest BCUT2D eigenvalue weighted by atomic mass is 19.1. The Morgan fingerprint density at radius 2 is 1.78 bits per heavy atom. The average Bonchev–Trinajstić information content (AvgIpc) is 2.68. The van der Waals surface area contributed by atoms with Gasteiger partial charge in [0.25, 0.3) is 0 Å². The Morgan fingerprint density at radius 1 is 1.11 bits per heavy atom. The van der Waals surface area contributed by atoms with E-state index in [2.05, 4.69) is 0 Å². The van der Waals surface area contributed by atoms with E-state index in [0.717, 1.165) is 16.7 Å². The van der Waals surface area contributed by atoms with Crippen LogP contribution < -0.4 is 4.74 Å². The second kappa shape index (κ2) is 8.16. The molecule has 27 heavy (non-hydrogen) atoms. The first-order chi connectivity index (χ1) is 13.0. The molecule has 0 unspecified atom stereocenters. The summed E-state index contributed by atoms with van der Waals surface area (Å²) in [6.07, 6.45) is 1.96. The molecule has 0 heterocycles. The number of carbonyl (C=O) groups is 2. The van der Waals surface area contributed by atoms with Gasteiger partial charge in [-0.3, -0.25) is 9.59 Å². The van der Waals surface area contributed by atoms with Gasteiger partial charge in [0.05, 0.1) is 13.7 Å². The van der Waals surface area contributed by atoms with Crippen molar-refractivity contribution < 1.29 is 23.5 Å². The number of halogens is 1. The Kier molecular flexibility index (Phi) is 5.69. The van der Waals surface area contributed by atoms with Gasteiger partial charge in [-0.2, -0.15) is 0 Å². The van der Waals surface area contributed by atoms with Crippen LogP contribution in [0.3, 0.4) is 0 Å². The highest BCUT2D eigenvalue weighted by Gasteiger charge is 2.39. The van der Waals surface area contributed by atoms with Crippen molar-refractivity contribution in [3.05, 3.63) is 71.6 Å². The van der Waals surface area contributed by atoms with Gasteiger partial charge in [-0.25, -0.2) is 4.39 Å². The van der Waals surface area contributed by atoms with Gasteiger partial charge in [0.1, 0.15) is 17.5 Å². The van der Waals surface area contributed by atoms with Gasteiger partial charge in [-0.05, 0) is 60.4 Å². The van der Waals surface area contributed by atoms with Crippen molar-refractivity contribution in [3.8, 4) is 5.75 Å². The van der Waals surface area contributed by atoms with Crippen molar-refractivity contribution in [2.75, 3.05) is 13.7 Å². The predicted molar refractivity (Wildman–Crippen MR) is 99.9 cm³/mol. The lowest BCUT2D eigenvalue weighted by atomic mass is 9.73. The monoisotopic (exact) mass is 368 g/mol. The molecule has 3 rings (SSSR count). The third-order valence-electron chi connectivity index (χ3n) is 4.76. The Morgan fingerprint density at radius 3 is 2.37 bits per heavy atom. The van der Waals surface area contributed by atoms with Gasteiger partial charge in [0.2, 0.25) is 0 Å². The molecule has 0 N–H and O–H groups in total. The first-order valence-electron chi connectivity index (χ1n) is 8.84. The fourth-order valence-corrected chi connectivity index (χ4v) is 3.41. The number of carbonyl (C=O) groups excluding carboxylic acids is 2. The van der Waals surface area contributed by atoms with Gasteiger partial charge >= 0.3 is 5.97 Å². The molecular formula is C22H21FO4. The van der Waals surface area contributed by atoms with Crippen LogP contribution in [0.2, 0.25) is 0 Å². The topological polar surface area (TPSA) is 52.6 Å². The second-order valence-electron chi connectivity index (χ2n) is 6.39. The van der Waals surface area contributed by atoms with E-state index < -0.39 is 11.9 Å². The second-order valence-corrected chi connectivity index (χ2v) is 6.39. The Labute approximate surface area is 157 Å². The predicted octanol–water partition coefficient (Wildman–Crippen LogP) is 4.15. The molecule has 4 nitrogen and oxygen atoms in total. The van der Waals surface area contributed by atoms with E-state index in [9.17, 15) is 14.0 Å². The highest BCUT2D eigenvalue weighted by Crippen LogP contribution is 2.40. The molecule has 0 saturated carbocycles. The zero-order chi connectivity index (χ0) is 19.4. The van der Waals surface area contributed by atoms with Crippen LogP contribution >= 0.6 is 0 Å². The summed E-state index contributed by atoms with van der Waals surface area (Å²) in [5.41, 5.74) is 2.40. The number of hydrogen-bond acceptors (Lipinski definition) is 4. The molecule has 2 atom stereocenters. The lowest BCUT2D eigenvalue weighted by Gasteiger charge is -2.29. The molecule has 0 fully saturated rings. The number of allylic oxidation sites excluding steroid dienone is 2. The summed E-state index contributed by atoms with van der Waals surface area (Å²) in [5.74, 6) is -1.69. The van der Waals surface area contributed by atoms with E-state index in [4.69, 9.17) is 9.47 Å². The minimum atomic E-state index is -0.887. The van der Waals surface area contributed by atoms with Crippen molar-refractivity contribution in [1.29, 1.82) is 0 Å². The molecule has 1 aliphatic carbocycles. The Balaban J connectivity index is 1.99. The number of benzene rings is 2. The summed E-state index contributed by atoms with van der Waals surface area (Å²) >= 11 is 0. The molecule has 0 spiro atoms. The molecule has 2 aromatic carbocycles. The van der Waals surface area contributed by atoms with Crippen molar-refractivity contribution in [2.24, 2.45) is 5.92 Å². The minimum Gasteiger partial charge on any atom is -0.497 e. The zero-order valence-corrected chi connectivity index (χ0v) is 15.3.